The smallest absolute Gasteiger partial charge is 0.381 e. The molecule has 126 valence electrons. The van der Waals surface area contributed by atoms with E-state index in [0.717, 1.165) is 0 Å². The first-order chi connectivity index (χ1) is 10.1. The van der Waals surface area contributed by atoms with Crippen molar-refractivity contribution < 1.29 is 23.1 Å². The van der Waals surface area contributed by atoms with E-state index in [0.29, 0.717) is 11.8 Å². The van der Waals surface area contributed by atoms with Gasteiger partial charge in [-0.05, 0) is 18.8 Å². The number of thiol groups is 1. The Morgan fingerprint density at radius 1 is 1.05 bits per heavy atom. The van der Waals surface area contributed by atoms with Crippen LogP contribution in [0, 0.1) is 17.8 Å². The van der Waals surface area contributed by atoms with E-state index in [4.69, 9.17) is 18.5 Å². The second-order valence-electron chi connectivity index (χ2n) is 6.84. The molecule has 0 saturated carbocycles. The molecule has 2 unspecified atom stereocenters. The normalized spacial score (nSPS) is 48.4. The lowest BCUT2D eigenvalue weighted by Crippen LogP contribution is -2.27. The fraction of sp³-hybridized carbons (Fsp3) is 1.00. The predicted octanol–water partition coefficient (Wildman–Crippen LogP) is 1.07. The molecule has 0 aliphatic carbocycles. The van der Waals surface area contributed by atoms with Gasteiger partial charge in [-0.3, -0.25) is 9.05 Å². The van der Waals surface area contributed by atoms with Crippen LogP contribution >= 0.6 is 19.0 Å². The molecule has 9 atom stereocenters. The molecule has 2 aliphatic rings. The van der Waals surface area contributed by atoms with Crippen molar-refractivity contribution in [2.24, 2.45) is 17.8 Å². The average molecular weight is 348 g/mol. The summed E-state index contributed by atoms with van der Waals surface area (Å²) in [5.41, 5.74) is 0. The van der Waals surface area contributed by atoms with Crippen LogP contribution in [0.1, 0.15) is 27.7 Å². The zero-order chi connectivity index (χ0) is 16.7. The van der Waals surface area contributed by atoms with E-state index in [1.807, 2.05) is 21.7 Å². The van der Waals surface area contributed by atoms with Gasteiger partial charge < -0.3 is 9.47 Å². The van der Waals surface area contributed by atoms with Crippen LogP contribution in [0.3, 0.4) is 0 Å². The zero-order valence-corrected chi connectivity index (χ0v) is 16.1. The first kappa shape index (κ1) is 18.9. The molecule has 2 saturated heterocycles. The van der Waals surface area contributed by atoms with Crippen molar-refractivity contribution >= 4 is 34.7 Å². The Labute approximate surface area is 140 Å². The van der Waals surface area contributed by atoms with Crippen LogP contribution in [0.4, 0.5) is 0 Å². The maximum atomic E-state index is 12.5. The molecule has 0 aromatic carbocycles. The summed E-state index contributed by atoms with van der Waals surface area (Å²) >= 11 is 4.12. The molecule has 0 aromatic rings. The minimum atomic E-state index is -3.43. The standard InChI is InChI=1S/C13H27B2O5PS/c1-6-7(2)12(14)19-10(6)5-17-21(16,22)20-11-8(3)13(15)18-9(11)4/h6-13H,5,14-15H2,1-4H3,(H,16,22)/t6?,7-,8-,9+,10+,11?,12+,13+,21+/m0/s1. The van der Waals surface area contributed by atoms with Gasteiger partial charge in [0.15, 0.2) is 0 Å². The third-order valence-electron chi connectivity index (χ3n) is 5.35. The summed E-state index contributed by atoms with van der Waals surface area (Å²) < 4.78 is 35.2. The largest absolute Gasteiger partial charge is 0.386 e. The van der Waals surface area contributed by atoms with Crippen molar-refractivity contribution in [2.75, 3.05) is 6.61 Å². The maximum absolute atomic E-state index is 12.5. The molecule has 0 bridgehead atoms. The second kappa shape index (κ2) is 7.20. The summed E-state index contributed by atoms with van der Waals surface area (Å²) in [6.07, 6.45) is -0.448. The molecule has 0 amide bonds. The van der Waals surface area contributed by atoms with E-state index in [1.54, 1.807) is 0 Å². The predicted molar refractivity (Wildman–Crippen MR) is 95.0 cm³/mol. The van der Waals surface area contributed by atoms with E-state index in [2.05, 4.69) is 33.9 Å². The van der Waals surface area contributed by atoms with Crippen molar-refractivity contribution in [1.29, 1.82) is 0 Å². The van der Waals surface area contributed by atoms with Crippen LogP contribution in [0.2, 0.25) is 0 Å². The van der Waals surface area contributed by atoms with Gasteiger partial charge in [0.1, 0.15) is 15.7 Å². The van der Waals surface area contributed by atoms with Gasteiger partial charge in [0, 0.05) is 17.9 Å². The molecule has 0 aromatic heterocycles. The molecular formula is C13H27B2O5PS. The second-order valence-corrected chi connectivity index (χ2v) is 9.71. The number of ether oxygens (including phenoxy) is 2. The molecule has 0 N–H and O–H groups in total. The Bertz CT molecular complexity index is 443. The van der Waals surface area contributed by atoms with Crippen LogP contribution in [0.15, 0.2) is 0 Å². The quantitative estimate of drug-likeness (QED) is 0.458. The molecule has 0 spiro atoms. The summed E-state index contributed by atoms with van der Waals surface area (Å²) in [4.78, 5) is 0. The van der Waals surface area contributed by atoms with Crippen molar-refractivity contribution in [3.8, 4) is 0 Å². The average Bonchev–Trinajstić information content (AvgIpc) is 2.81. The van der Waals surface area contributed by atoms with Crippen LogP contribution in [0.5, 0.6) is 0 Å². The van der Waals surface area contributed by atoms with Gasteiger partial charge in [-0.2, -0.15) is 0 Å². The fourth-order valence-electron chi connectivity index (χ4n) is 3.25. The highest BCUT2D eigenvalue weighted by atomic mass is 32.7. The van der Waals surface area contributed by atoms with Crippen molar-refractivity contribution in [3.63, 3.8) is 0 Å². The molecular weight excluding hydrogens is 321 g/mol. The minimum absolute atomic E-state index is 0.0670. The number of hydrogen-bond acceptors (Lipinski definition) is 5. The van der Waals surface area contributed by atoms with E-state index in [1.165, 1.54) is 0 Å². The molecule has 2 heterocycles. The van der Waals surface area contributed by atoms with Gasteiger partial charge in [-0.25, -0.2) is 4.57 Å². The Balaban J connectivity index is 1.88. The highest BCUT2D eigenvalue weighted by Crippen LogP contribution is 2.56. The molecule has 2 fully saturated rings. The van der Waals surface area contributed by atoms with Gasteiger partial charge in [0.2, 0.25) is 0 Å². The SMILES string of the molecule is B[C@@H]1O[C@H](C)C(O[P@](=O)(S)OC[C@H]2O[C@@H](B)[C@@H](C)C2C)[C@@H]1C. The lowest BCUT2D eigenvalue weighted by atomic mass is 9.82. The molecule has 2 rings (SSSR count). The third-order valence-corrected chi connectivity index (χ3v) is 6.97. The first-order valence-corrected chi connectivity index (χ1v) is 10.8. The molecule has 0 radical (unpaired) electrons. The fourth-order valence-corrected chi connectivity index (χ4v) is 4.84. The lowest BCUT2D eigenvalue weighted by molar-refractivity contribution is 0.0208. The third kappa shape index (κ3) is 4.14. The van der Waals surface area contributed by atoms with Gasteiger partial charge in [-0.1, -0.05) is 33.0 Å². The summed E-state index contributed by atoms with van der Waals surface area (Å²) in [5.74, 6) is 0.967. The molecule has 22 heavy (non-hydrogen) atoms. The van der Waals surface area contributed by atoms with Crippen molar-refractivity contribution in [1.82, 2.24) is 0 Å². The Kier molecular flexibility index (Phi) is 6.18. The molecule has 2 aliphatic heterocycles. The topological polar surface area (TPSA) is 54.0 Å². The highest BCUT2D eigenvalue weighted by molar-refractivity contribution is 8.44. The summed E-state index contributed by atoms with van der Waals surface area (Å²) in [6.45, 7) is 5.05. The monoisotopic (exact) mass is 348 g/mol. The van der Waals surface area contributed by atoms with Crippen molar-refractivity contribution in [3.05, 3.63) is 0 Å². The van der Waals surface area contributed by atoms with Crippen molar-refractivity contribution in [2.45, 2.75) is 58.0 Å². The Morgan fingerprint density at radius 2 is 1.64 bits per heavy atom. The number of rotatable bonds is 5. The van der Waals surface area contributed by atoms with Gasteiger partial charge >= 0.3 is 6.80 Å². The molecule has 5 nitrogen and oxygen atoms in total. The first-order valence-electron chi connectivity index (χ1n) is 8.09. The van der Waals surface area contributed by atoms with Crippen LogP contribution in [-0.4, -0.2) is 52.6 Å². The Hall–Kier alpha value is 0.550. The van der Waals surface area contributed by atoms with E-state index in [9.17, 15) is 4.57 Å². The van der Waals surface area contributed by atoms with Crippen LogP contribution < -0.4 is 0 Å². The highest BCUT2D eigenvalue weighted by Gasteiger charge is 2.42. The van der Waals surface area contributed by atoms with E-state index in [-0.39, 0.29) is 42.8 Å². The lowest BCUT2D eigenvalue weighted by Gasteiger charge is -2.24. The van der Waals surface area contributed by atoms with E-state index < -0.39 is 6.80 Å². The Morgan fingerprint density at radius 3 is 2.09 bits per heavy atom. The zero-order valence-electron chi connectivity index (χ0n) is 14.3. The van der Waals surface area contributed by atoms with Gasteiger partial charge in [0.25, 0.3) is 0 Å². The number of hydrogen-bond donors (Lipinski definition) is 1. The van der Waals surface area contributed by atoms with Gasteiger partial charge in [0.05, 0.1) is 24.9 Å². The minimum Gasteiger partial charge on any atom is -0.381 e. The van der Waals surface area contributed by atoms with Crippen LogP contribution in [0.25, 0.3) is 0 Å². The van der Waals surface area contributed by atoms with Gasteiger partial charge in [-0.15, -0.1) is 0 Å². The maximum Gasteiger partial charge on any atom is 0.386 e. The summed E-state index contributed by atoms with van der Waals surface area (Å²) in [5, 5.41) is 0. The summed E-state index contributed by atoms with van der Waals surface area (Å²) in [7, 11) is 4.05. The molecule has 9 heteroatoms. The van der Waals surface area contributed by atoms with E-state index >= 15 is 0 Å². The summed E-state index contributed by atoms with van der Waals surface area (Å²) in [6, 6.07) is 0.265. The van der Waals surface area contributed by atoms with Crippen LogP contribution in [-0.2, 0) is 23.1 Å².